The van der Waals surface area contributed by atoms with Crippen molar-refractivity contribution in [3.63, 3.8) is 0 Å². The lowest BCUT2D eigenvalue weighted by Gasteiger charge is -2.19. The van der Waals surface area contributed by atoms with Crippen LogP contribution in [0.1, 0.15) is 225 Å². The minimum atomic E-state index is -0.695. The van der Waals surface area contributed by atoms with Gasteiger partial charge in [-0.1, -0.05) is 231 Å². The molecule has 0 spiro atoms. The molecule has 0 saturated heterocycles. The Labute approximate surface area is 364 Å². The maximum absolute atomic E-state index is 10.6. The summed E-state index contributed by atoms with van der Waals surface area (Å²) in [6, 6.07) is 9.95. The number of hydrogen-bond acceptors (Lipinski definition) is 6. The number of fused-ring (bicyclic) bond motifs is 1. The van der Waals surface area contributed by atoms with Crippen LogP contribution < -0.4 is 9.47 Å². The van der Waals surface area contributed by atoms with Crippen molar-refractivity contribution >= 4 is 10.8 Å². The highest BCUT2D eigenvalue weighted by Crippen LogP contribution is 2.36. The van der Waals surface area contributed by atoms with E-state index >= 15 is 0 Å². The molecule has 2 atom stereocenters. The standard InChI is InChI=1S/C53H94O6/c1-4-6-8-10-12-14-16-18-20-22-24-26-28-30-32-36-40-56-43-48(54)45-58-52-42-47(3)53(51-39-35-34-38-50(51)52)59-46-49(55)44-57-41-37-33-31-29-27-25-23-21-19-17-15-13-11-9-7-5-2/h34-35,38-39,42,48-49,54-55H,4-33,36-37,40-41,43-46H2,1-3H3. The molecule has 0 radical (unpaired) electrons. The van der Waals surface area contributed by atoms with E-state index in [1.807, 2.05) is 37.3 Å². The van der Waals surface area contributed by atoms with E-state index < -0.39 is 12.2 Å². The first-order valence-corrected chi connectivity index (χ1v) is 25.4. The third-order valence-corrected chi connectivity index (χ3v) is 11.9. The van der Waals surface area contributed by atoms with Crippen LogP contribution in [0.3, 0.4) is 0 Å². The summed E-state index contributed by atoms with van der Waals surface area (Å²) >= 11 is 0. The van der Waals surface area contributed by atoms with Crippen LogP contribution in [0.2, 0.25) is 0 Å². The lowest BCUT2D eigenvalue weighted by atomic mass is 10.0. The normalized spacial score (nSPS) is 12.7. The Morgan fingerprint density at radius 3 is 1.10 bits per heavy atom. The molecule has 0 saturated carbocycles. The van der Waals surface area contributed by atoms with Gasteiger partial charge in [0.2, 0.25) is 0 Å². The summed E-state index contributed by atoms with van der Waals surface area (Å²) in [6.45, 7) is 8.80. The monoisotopic (exact) mass is 827 g/mol. The van der Waals surface area contributed by atoms with Gasteiger partial charge >= 0.3 is 0 Å². The van der Waals surface area contributed by atoms with E-state index in [0.717, 1.165) is 34.9 Å². The average molecular weight is 827 g/mol. The molecule has 0 heterocycles. The molecule has 0 aliphatic heterocycles. The van der Waals surface area contributed by atoms with Gasteiger partial charge in [0.1, 0.15) is 36.9 Å². The van der Waals surface area contributed by atoms with Crippen molar-refractivity contribution in [1.29, 1.82) is 0 Å². The van der Waals surface area contributed by atoms with Gasteiger partial charge in [-0.05, 0) is 31.4 Å². The highest BCUT2D eigenvalue weighted by molar-refractivity contribution is 5.94. The van der Waals surface area contributed by atoms with Crippen molar-refractivity contribution in [2.75, 3.05) is 39.6 Å². The molecule has 2 aromatic carbocycles. The fourth-order valence-corrected chi connectivity index (χ4v) is 8.16. The van der Waals surface area contributed by atoms with Gasteiger partial charge in [-0.15, -0.1) is 0 Å². The molecule has 0 aromatic heterocycles. The zero-order chi connectivity index (χ0) is 42.3. The van der Waals surface area contributed by atoms with E-state index in [1.165, 1.54) is 193 Å². The zero-order valence-electron chi connectivity index (χ0n) is 38.9. The maximum Gasteiger partial charge on any atom is 0.130 e. The van der Waals surface area contributed by atoms with Gasteiger partial charge in [0, 0.05) is 24.0 Å². The SMILES string of the molecule is CCCCCCCCCCCCCCCCCCOCC(O)COc1cc(C)c(OCC(O)COCCCCCCCCCCCCCCCCCC)c2ccccc12. The van der Waals surface area contributed by atoms with Crippen LogP contribution in [0.15, 0.2) is 30.3 Å². The molecule has 0 aliphatic rings. The minimum Gasteiger partial charge on any atom is -0.490 e. The van der Waals surface area contributed by atoms with E-state index in [-0.39, 0.29) is 26.4 Å². The van der Waals surface area contributed by atoms with Crippen molar-refractivity contribution < 1.29 is 29.2 Å². The molecule has 342 valence electrons. The molecular formula is C53H94O6. The number of benzene rings is 2. The Morgan fingerprint density at radius 2 is 0.729 bits per heavy atom. The fourth-order valence-electron chi connectivity index (χ4n) is 8.16. The smallest absolute Gasteiger partial charge is 0.130 e. The summed E-state index contributed by atoms with van der Waals surface area (Å²) in [4.78, 5) is 0. The highest BCUT2D eigenvalue weighted by Gasteiger charge is 2.15. The molecule has 0 amide bonds. The lowest BCUT2D eigenvalue weighted by Crippen LogP contribution is -2.24. The largest absolute Gasteiger partial charge is 0.490 e. The second kappa shape index (κ2) is 39.0. The summed E-state index contributed by atoms with van der Waals surface area (Å²) in [7, 11) is 0. The lowest BCUT2D eigenvalue weighted by molar-refractivity contribution is 0.0106. The number of hydrogen-bond donors (Lipinski definition) is 2. The van der Waals surface area contributed by atoms with Crippen molar-refractivity contribution in [3.05, 3.63) is 35.9 Å². The summed E-state index contributed by atoms with van der Waals surface area (Å²) in [5.41, 5.74) is 0.925. The second-order valence-corrected chi connectivity index (χ2v) is 17.8. The van der Waals surface area contributed by atoms with Gasteiger partial charge in [-0.3, -0.25) is 0 Å². The Balaban J connectivity index is 1.48. The molecule has 59 heavy (non-hydrogen) atoms. The second-order valence-electron chi connectivity index (χ2n) is 17.8. The van der Waals surface area contributed by atoms with Crippen LogP contribution in [0.4, 0.5) is 0 Å². The number of aliphatic hydroxyl groups excluding tert-OH is 2. The minimum absolute atomic E-state index is 0.165. The van der Waals surface area contributed by atoms with Crippen LogP contribution in [0, 0.1) is 6.92 Å². The van der Waals surface area contributed by atoms with Gasteiger partial charge in [-0.2, -0.15) is 0 Å². The van der Waals surface area contributed by atoms with E-state index in [2.05, 4.69) is 13.8 Å². The quantitative estimate of drug-likeness (QED) is 0.0648. The van der Waals surface area contributed by atoms with Gasteiger partial charge in [0.15, 0.2) is 0 Å². The van der Waals surface area contributed by atoms with Crippen molar-refractivity contribution in [2.24, 2.45) is 0 Å². The molecule has 0 bridgehead atoms. The fraction of sp³-hybridized carbons (Fsp3) is 0.811. The molecule has 2 aromatic rings. The zero-order valence-corrected chi connectivity index (χ0v) is 38.9. The predicted octanol–water partition coefficient (Wildman–Crippen LogP) is 15.2. The van der Waals surface area contributed by atoms with Crippen LogP contribution in [0.25, 0.3) is 10.8 Å². The Kier molecular flexibility index (Phi) is 35.2. The van der Waals surface area contributed by atoms with Crippen molar-refractivity contribution in [1.82, 2.24) is 0 Å². The highest BCUT2D eigenvalue weighted by atomic mass is 16.5. The molecular weight excluding hydrogens is 733 g/mol. The molecule has 6 nitrogen and oxygen atoms in total. The summed E-state index contributed by atoms with van der Waals surface area (Å²) < 4.78 is 23.9. The van der Waals surface area contributed by atoms with Gasteiger partial charge in [-0.25, -0.2) is 0 Å². The Morgan fingerprint density at radius 1 is 0.407 bits per heavy atom. The van der Waals surface area contributed by atoms with Gasteiger partial charge in [0.25, 0.3) is 0 Å². The van der Waals surface area contributed by atoms with E-state index in [0.29, 0.717) is 19.0 Å². The maximum atomic E-state index is 10.6. The third-order valence-electron chi connectivity index (χ3n) is 11.9. The summed E-state index contributed by atoms with van der Waals surface area (Å²) in [5.74, 6) is 1.46. The van der Waals surface area contributed by atoms with Crippen molar-refractivity contribution in [2.45, 2.75) is 238 Å². The number of unbranched alkanes of at least 4 members (excludes halogenated alkanes) is 30. The van der Waals surface area contributed by atoms with E-state index in [9.17, 15) is 10.2 Å². The van der Waals surface area contributed by atoms with Crippen LogP contribution in [-0.4, -0.2) is 62.1 Å². The molecule has 0 aliphatic carbocycles. The number of rotatable bonds is 44. The van der Waals surface area contributed by atoms with Crippen LogP contribution >= 0.6 is 0 Å². The Hall–Kier alpha value is -1.86. The van der Waals surface area contributed by atoms with Crippen molar-refractivity contribution in [3.8, 4) is 11.5 Å². The van der Waals surface area contributed by atoms with Crippen LogP contribution in [-0.2, 0) is 9.47 Å². The molecule has 2 unspecified atom stereocenters. The number of aryl methyl sites for hydroxylation is 1. The summed E-state index contributed by atoms with van der Waals surface area (Å²) in [6.07, 6.45) is 41.9. The molecule has 2 rings (SSSR count). The Bertz CT molecular complexity index is 1200. The number of aliphatic hydroxyl groups is 2. The topological polar surface area (TPSA) is 77.4 Å². The van der Waals surface area contributed by atoms with E-state index in [1.54, 1.807) is 0 Å². The van der Waals surface area contributed by atoms with E-state index in [4.69, 9.17) is 18.9 Å². The number of ether oxygens (including phenoxy) is 4. The van der Waals surface area contributed by atoms with Crippen LogP contribution in [0.5, 0.6) is 11.5 Å². The first-order chi connectivity index (χ1) is 29.1. The first kappa shape index (κ1) is 53.3. The molecule has 6 heteroatoms. The predicted molar refractivity (Wildman–Crippen MR) is 252 cm³/mol. The van der Waals surface area contributed by atoms with Gasteiger partial charge < -0.3 is 29.2 Å². The molecule has 0 fully saturated rings. The third kappa shape index (κ3) is 29.1. The average Bonchev–Trinajstić information content (AvgIpc) is 3.24. The first-order valence-electron chi connectivity index (χ1n) is 25.4. The molecule has 2 N–H and O–H groups in total. The van der Waals surface area contributed by atoms with Gasteiger partial charge in [0.05, 0.1) is 13.2 Å². The summed E-state index contributed by atoms with van der Waals surface area (Å²) in [5, 5.41) is 23.1.